The molecule has 0 radical (unpaired) electrons. The lowest BCUT2D eigenvalue weighted by atomic mass is 9.95. The first-order chi connectivity index (χ1) is 12.5. The lowest BCUT2D eigenvalue weighted by molar-refractivity contribution is 0.0911. The monoisotopic (exact) mass is 352 g/mol. The molecule has 2 atom stereocenters. The van der Waals surface area contributed by atoms with Gasteiger partial charge in [0.15, 0.2) is 0 Å². The molecule has 0 spiro atoms. The Hall–Kier alpha value is -2.88. The third-order valence-corrected chi connectivity index (χ3v) is 3.98. The van der Waals surface area contributed by atoms with Gasteiger partial charge in [0, 0.05) is 24.7 Å². The van der Waals surface area contributed by atoms with E-state index in [-0.39, 0.29) is 11.9 Å². The number of nitriles is 1. The number of anilines is 1. The molecular formula is C20H24N4O2. The fourth-order valence-electron chi connectivity index (χ4n) is 2.69. The second-order valence-electron chi connectivity index (χ2n) is 6.40. The van der Waals surface area contributed by atoms with Gasteiger partial charge in [-0.25, -0.2) is 4.79 Å². The highest BCUT2D eigenvalue weighted by Crippen LogP contribution is 2.22. The summed E-state index contributed by atoms with van der Waals surface area (Å²) < 4.78 is 0. The van der Waals surface area contributed by atoms with Gasteiger partial charge in [0.2, 0.25) is 0 Å². The van der Waals surface area contributed by atoms with Gasteiger partial charge in [-0.3, -0.25) is 0 Å². The molecule has 26 heavy (non-hydrogen) atoms. The molecule has 0 saturated carbocycles. The quantitative estimate of drug-likeness (QED) is 0.715. The first-order valence-electron chi connectivity index (χ1n) is 8.42. The van der Waals surface area contributed by atoms with E-state index in [4.69, 9.17) is 5.26 Å². The van der Waals surface area contributed by atoms with Gasteiger partial charge in [-0.15, -0.1) is 0 Å². The van der Waals surface area contributed by atoms with Crippen LogP contribution in [0.5, 0.6) is 0 Å². The van der Waals surface area contributed by atoms with Crippen LogP contribution in [0.4, 0.5) is 10.5 Å². The van der Waals surface area contributed by atoms with Gasteiger partial charge in [0.25, 0.3) is 0 Å². The number of aliphatic hydroxyl groups is 1. The van der Waals surface area contributed by atoms with Crippen molar-refractivity contribution in [3.8, 4) is 6.07 Å². The molecule has 0 saturated heterocycles. The number of rotatable bonds is 7. The highest BCUT2D eigenvalue weighted by atomic mass is 16.3. The number of benzene rings is 2. The van der Waals surface area contributed by atoms with Crippen LogP contribution in [0.1, 0.15) is 17.2 Å². The molecule has 2 aromatic rings. The summed E-state index contributed by atoms with van der Waals surface area (Å²) in [6.45, 7) is 0.962. The van der Waals surface area contributed by atoms with Crippen molar-refractivity contribution in [3.63, 3.8) is 0 Å². The Labute approximate surface area is 154 Å². The zero-order valence-electron chi connectivity index (χ0n) is 15.0. The molecule has 0 aliphatic carbocycles. The van der Waals surface area contributed by atoms with Crippen LogP contribution in [-0.4, -0.2) is 43.2 Å². The number of hydrogen-bond acceptors (Lipinski definition) is 4. The molecule has 3 N–H and O–H groups in total. The van der Waals surface area contributed by atoms with Crippen LogP contribution < -0.4 is 10.6 Å². The normalized spacial score (nSPS) is 12.9. The van der Waals surface area contributed by atoms with Crippen LogP contribution in [-0.2, 0) is 0 Å². The van der Waals surface area contributed by atoms with E-state index in [1.54, 1.807) is 24.3 Å². The van der Waals surface area contributed by atoms with Crippen LogP contribution in [0.15, 0.2) is 54.6 Å². The standard InChI is InChI=1S/C20H24N4O2/c1-24(2)14-17(19(25)16-6-4-3-5-7-16)13-22-20(26)23-18-10-8-15(12-21)9-11-18/h3-11,17,19,25H,13-14H2,1-2H3,(H2,22,23,26)/t17-,19-/m0/s1. The molecule has 6 nitrogen and oxygen atoms in total. The number of carbonyl (C=O) groups is 1. The summed E-state index contributed by atoms with van der Waals surface area (Å²) in [5.41, 5.74) is 1.97. The minimum absolute atomic E-state index is 0.154. The van der Waals surface area contributed by atoms with E-state index in [1.165, 1.54) is 0 Å². The number of hydrogen-bond donors (Lipinski definition) is 3. The highest BCUT2D eigenvalue weighted by molar-refractivity contribution is 5.89. The number of amides is 2. The van der Waals surface area contributed by atoms with Gasteiger partial charge in [-0.2, -0.15) is 5.26 Å². The number of carbonyl (C=O) groups excluding carboxylic acids is 1. The molecule has 2 amide bonds. The predicted octanol–water partition coefficient (Wildman–Crippen LogP) is 2.59. The summed E-state index contributed by atoms with van der Waals surface area (Å²) in [7, 11) is 3.86. The predicted molar refractivity (Wildman–Crippen MR) is 102 cm³/mol. The van der Waals surface area contributed by atoms with Crippen molar-refractivity contribution in [1.29, 1.82) is 5.26 Å². The molecule has 0 fully saturated rings. The van der Waals surface area contributed by atoms with Crippen LogP contribution in [0, 0.1) is 17.2 Å². The molecular weight excluding hydrogens is 328 g/mol. The summed E-state index contributed by atoms with van der Waals surface area (Å²) in [5, 5.41) is 25.0. The zero-order valence-corrected chi connectivity index (χ0v) is 15.0. The fraction of sp³-hybridized carbons (Fsp3) is 0.300. The van der Waals surface area contributed by atoms with E-state index in [0.717, 1.165) is 5.56 Å². The Kier molecular flexibility index (Phi) is 7.15. The third kappa shape index (κ3) is 5.88. The van der Waals surface area contributed by atoms with Crippen molar-refractivity contribution in [3.05, 3.63) is 65.7 Å². The second kappa shape index (κ2) is 9.56. The van der Waals surface area contributed by atoms with Crippen LogP contribution in [0.2, 0.25) is 0 Å². The number of nitrogens with one attached hydrogen (secondary N) is 2. The summed E-state index contributed by atoms with van der Waals surface area (Å²) in [5.74, 6) is -0.154. The average Bonchev–Trinajstić information content (AvgIpc) is 2.65. The summed E-state index contributed by atoms with van der Waals surface area (Å²) >= 11 is 0. The van der Waals surface area contributed by atoms with E-state index in [1.807, 2.05) is 55.4 Å². The molecule has 0 aliphatic rings. The SMILES string of the molecule is CN(C)C[C@H](CNC(=O)Nc1ccc(C#N)cc1)[C@@H](O)c1ccccc1. The van der Waals surface area contributed by atoms with Gasteiger partial charge in [-0.1, -0.05) is 30.3 Å². The minimum Gasteiger partial charge on any atom is -0.388 e. The minimum atomic E-state index is -0.672. The maximum Gasteiger partial charge on any atom is 0.319 e. The van der Waals surface area contributed by atoms with E-state index >= 15 is 0 Å². The van der Waals surface area contributed by atoms with Gasteiger partial charge in [0.1, 0.15) is 0 Å². The third-order valence-electron chi connectivity index (χ3n) is 3.98. The molecule has 136 valence electrons. The summed E-state index contributed by atoms with van der Waals surface area (Å²) in [4.78, 5) is 14.1. The van der Waals surface area contributed by atoms with Crippen molar-refractivity contribution in [1.82, 2.24) is 10.2 Å². The van der Waals surface area contributed by atoms with Gasteiger partial charge in [-0.05, 0) is 43.9 Å². The van der Waals surface area contributed by atoms with Crippen molar-refractivity contribution >= 4 is 11.7 Å². The average molecular weight is 352 g/mol. The second-order valence-corrected chi connectivity index (χ2v) is 6.40. The van der Waals surface area contributed by atoms with Gasteiger partial charge < -0.3 is 20.6 Å². The Balaban J connectivity index is 1.95. The number of aliphatic hydroxyl groups excluding tert-OH is 1. The lowest BCUT2D eigenvalue weighted by Gasteiger charge is -2.26. The molecule has 0 aromatic heterocycles. The van der Waals surface area contributed by atoms with E-state index < -0.39 is 6.10 Å². The van der Waals surface area contributed by atoms with E-state index in [9.17, 15) is 9.90 Å². The molecule has 6 heteroatoms. The maximum absolute atomic E-state index is 12.1. The number of urea groups is 1. The molecule has 0 bridgehead atoms. The summed E-state index contributed by atoms with van der Waals surface area (Å²) in [6, 6.07) is 17.8. The number of nitrogens with zero attached hydrogens (tertiary/aromatic N) is 2. The Morgan fingerprint density at radius 3 is 2.38 bits per heavy atom. The van der Waals surface area contributed by atoms with Crippen molar-refractivity contribution in [2.24, 2.45) is 5.92 Å². The van der Waals surface area contributed by atoms with Gasteiger partial charge >= 0.3 is 6.03 Å². The van der Waals surface area contributed by atoms with E-state index in [2.05, 4.69) is 10.6 Å². The fourth-order valence-corrected chi connectivity index (χ4v) is 2.69. The van der Waals surface area contributed by atoms with Crippen LogP contribution in [0.3, 0.4) is 0 Å². The summed E-state index contributed by atoms with van der Waals surface area (Å²) in [6.07, 6.45) is -0.672. The Morgan fingerprint density at radius 2 is 1.81 bits per heavy atom. The Morgan fingerprint density at radius 1 is 1.15 bits per heavy atom. The van der Waals surface area contributed by atoms with Crippen molar-refractivity contribution < 1.29 is 9.90 Å². The van der Waals surface area contributed by atoms with Crippen LogP contribution in [0.25, 0.3) is 0 Å². The topological polar surface area (TPSA) is 88.4 Å². The van der Waals surface area contributed by atoms with Crippen molar-refractivity contribution in [2.75, 3.05) is 32.5 Å². The van der Waals surface area contributed by atoms with E-state index in [0.29, 0.717) is 24.3 Å². The highest BCUT2D eigenvalue weighted by Gasteiger charge is 2.22. The molecule has 0 heterocycles. The largest absolute Gasteiger partial charge is 0.388 e. The first-order valence-corrected chi connectivity index (χ1v) is 8.42. The zero-order chi connectivity index (χ0) is 18.9. The lowest BCUT2D eigenvalue weighted by Crippen LogP contribution is -2.39. The molecule has 0 aliphatic heterocycles. The first kappa shape index (κ1) is 19.4. The smallest absolute Gasteiger partial charge is 0.319 e. The molecule has 0 unspecified atom stereocenters. The molecule has 2 aromatic carbocycles. The van der Waals surface area contributed by atoms with Gasteiger partial charge in [0.05, 0.1) is 17.7 Å². The van der Waals surface area contributed by atoms with Crippen LogP contribution >= 0.6 is 0 Å². The Bertz CT molecular complexity index is 739. The maximum atomic E-state index is 12.1. The molecule has 2 rings (SSSR count). The van der Waals surface area contributed by atoms with Crippen molar-refractivity contribution in [2.45, 2.75) is 6.10 Å².